The van der Waals surface area contributed by atoms with E-state index in [4.69, 9.17) is 9.47 Å². The van der Waals surface area contributed by atoms with Gasteiger partial charge in [-0.15, -0.1) is 5.11 Å². The van der Waals surface area contributed by atoms with Crippen LogP contribution in [0, 0.1) is 5.92 Å². The molecule has 0 spiro atoms. The van der Waals surface area contributed by atoms with Crippen LogP contribution in [0.3, 0.4) is 0 Å². The molecule has 0 aromatic rings. The van der Waals surface area contributed by atoms with Crippen LogP contribution in [0.15, 0.2) is 10.2 Å². The summed E-state index contributed by atoms with van der Waals surface area (Å²) in [6.45, 7) is 7.70. The highest BCUT2D eigenvalue weighted by Gasteiger charge is 2.46. The maximum atomic E-state index is 5.59. The average molecular weight is 172 g/mol. The first-order valence-corrected chi connectivity index (χ1v) is 4.11. The lowest BCUT2D eigenvalue weighted by atomic mass is 10.1. The van der Waals surface area contributed by atoms with Crippen LogP contribution >= 0.6 is 0 Å². The molecule has 0 saturated heterocycles. The summed E-state index contributed by atoms with van der Waals surface area (Å²) in [5, 5.41) is 8.01. The Balaban J connectivity index is 2.82. The maximum absolute atomic E-state index is 5.59. The summed E-state index contributed by atoms with van der Waals surface area (Å²) in [6, 6.07) is 0. The summed E-state index contributed by atoms with van der Waals surface area (Å²) < 4.78 is 10.8. The van der Waals surface area contributed by atoms with Crippen molar-refractivity contribution in [2.24, 2.45) is 16.1 Å². The minimum atomic E-state index is -0.872. The van der Waals surface area contributed by atoms with Crippen LogP contribution < -0.4 is 0 Å². The highest BCUT2D eigenvalue weighted by atomic mass is 16.7. The molecule has 0 fully saturated rings. The molecule has 0 radical (unpaired) electrons. The van der Waals surface area contributed by atoms with Crippen LogP contribution in [-0.2, 0) is 9.47 Å². The SMILES string of the molecule is COC1(C(C)C)N=NC(C)(C)O1. The molecule has 70 valence electrons. The Hall–Kier alpha value is -0.480. The van der Waals surface area contributed by atoms with Gasteiger partial charge in [0.2, 0.25) is 0 Å². The van der Waals surface area contributed by atoms with Gasteiger partial charge in [-0.2, -0.15) is 5.11 Å². The zero-order valence-electron chi connectivity index (χ0n) is 8.29. The van der Waals surface area contributed by atoms with Crippen molar-refractivity contribution in [1.29, 1.82) is 0 Å². The molecule has 0 aromatic carbocycles. The first-order valence-electron chi connectivity index (χ1n) is 4.11. The third-order valence-corrected chi connectivity index (χ3v) is 1.85. The van der Waals surface area contributed by atoms with E-state index in [2.05, 4.69) is 10.2 Å². The van der Waals surface area contributed by atoms with Gasteiger partial charge in [0.05, 0.1) is 0 Å². The second-order valence-corrected chi connectivity index (χ2v) is 3.74. The first-order chi connectivity index (χ1) is 5.42. The van der Waals surface area contributed by atoms with Crippen LogP contribution in [0.25, 0.3) is 0 Å². The Morgan fingerprint density at radius 1 is 1.25 bits per heavy atom. The zero-order chi connectivity index (χ0) is 9.41. The number of ether oxygens (including phenoxy) is 2. The van der Waals surface area contributed by atoms with Gasteiger partial charge < -0.3 is 9.47 Å². The minimum Gasteiger partial charge on any atom is -0.333 e. The molecule has 0 aromatic heterocycles. The van der Waals surface area contributed by atoms with Crippen molar-refractivity contribution in [3.05, 3.63) is 0 Å². The van der Waals surface area contributed by atoms with Crippen LogP contribution in [0.1, 0.15) is 27.7 Å². The summed E-state index contributed by atoms with van der Waals surface area (Å²) in [5.41, 5.74) is -0.555. The molecule has 4 nitrogen and oxygen atoms in total. The zero-order valence-corrected chi connectivity index (χ0v) is 8.29. The molecule has 12 heavy (non-hydrogen) atoms. The Kier molecular flexibility index (Phi) is 2.23. The van der Waals surface area contributed by atoms with E-state index >= 15 is 0 Å². The number of methoxy groups -OCH3 is 1. The number of hydrogen-bond acceptors (Lipinski definition) is 4. The minimum absolute atomic E-state index is 0.160. The molecule has 4 heteroatoms. The molecule has 1 heterocycles. The van der Waals surface area contributed by atoms with E-state index < -0.39 is 11.6 Å². The van der Waals surface area contributed by atoms with Crippen molar-refractivity contribution in [3.8, 4) is 0 Å². The Labute approximate surface area is 73.0 Å². The van der Waals surface area contributed by atoms with Crippen LogP contribution in [0.4, 0.5) is 0 Å². The third-order valence-electron chi connectivity index (χ3n) is 1.85. The quantitative estimate of drug-likeness (QED) is 0.640. The van der Waals surface area contributed by atoms with E-state index in [1.54, 1.807) is 7.11 Å². The fraction of sp³-hybridized carbons (Fsp3) is 1.00. The van der Waals surface area contributed by atoms with Crippen LogP contribution in [-0.4, -0.2) is 18.7 Å². The molecule has 1 atom stereocenters. The van der Waals surface area contributed by atoms with E-state index in [-0.39, 0.29) is 5.92 Å². The number of hydrogen-bond donors (Lipinski definition) is 0. The topological polar surface area (TPSA) is 43.2 Å². The average Bonchev–Trinajstić information content (AvgIpc) is 2.27. The first kappa shape index (κ1) is 9.61. The molecule has 1 aliphatic rings. The monoisotopic (exact) mass is 172 g/mol. The Morgan fingerprint density at radius 3 is 2.00 bits per heavy atom. The maximum Gasteiger partial charge on any atom is 0.292 e. The van der Waals surface area contributed by atoms with Gasteiger partial charge in [-0.25, -0.2) is 0 Å². The lowest BCUT2D eigenvalue weighted by Crippen LogP contribution is -2.39. The van der Waals surface area contributed by atoms with Gasteiger partial charge in [-0.1, -0.05) is 13.8 Å². The van der Waals surface area contributed by atoms with Crippen LogP contribution in [0.5, 0.6) is 0 Å². The van der Waals surface area contributed by atoms with E-state index in [0.29, 0.717) is 0 Å². The summed E-state index contributed by atoms with van der Waals surface area (Å²) in [6.07, 6.45) is 0. The fourth-order valence-electron chi connectivity index (χ4n) is 1.14. The van der Waals surface area contributed by atoms with Gasteiger partial charge in [0.15, 0.2) is 5.72 Å². The predicted octanol–water partition coefficient (Wildman–Crippen LogP) is 2.16. The lowest BCUT2D eigenvalue weighted by molar-refractivity contribution is -0.261. The largest absolute Gasteiger partial charge is 0.333 e. The molecule has 0 saturated carbocycles. The van der Waals surface area contributed by atoms with Gasteiger partial charge in [0.25, 0.3) is 5.91 Å². The standard InChI is InChI=1S/C8H16N2O2/c1-6(2)8(11-5)10-9-7(3,4)12-8/h6H,1-5H3. The Morgan fingerprint density at radius 2 is 1.83 bits per heavy atom. The van der Waals surface area contributed by atoms with E-state index in [0.717, 1.165) is 0 Å². The van der Waals surface area contributed by atoms with Gasteiger partial charge in [-0.3, -0.25) is 0 Å². The van der Waals surface area contributed by atoms with Crippen molar-refractivity contribution < 1.29 is 9.47 Å². The molecule has 0 aliphatic carbocycles. The van der Waals surface area contributed by atoms with Gasteiger partial charge in [0, 0.05) is 13.0 Å². The second-order valence-electron chi connectivity index (χ2n) is 3.74. The predicted molar refractivity (Wildman–Crippen MR) is 44.6 cm³/mol. The summed E-state index contributed by atoms with van der Waals surface area (Å²) >= 11 is 0. The summed E-state index contributed by atoms with van der Waals surface area (Å²) in [5.74, 6) is -0.711. The number of rotatable bonds is 2. The Bertz CT molecular complexity index is 201. The summed E-state index contributed by atoms with van der Waals surface area (Å²) in [4.78, 5) is 0. The highest BCUT2D eigenvalue weighted by molar-refractivity contribution is 4.81. The van der Waals surface area contributed by atoms with Crippen molar-refractivity contribution >= 4 is 0 Å². The molecule has 0 N–H and O–H groups in total. The second kappa shape index (κ2) is 2.78. The van der Waals surface area contributed by atoms with Gasteiger partial charge in [-0.05, 0) is 13.8 Å². The molecule has 1 rings (SSSR count). The molecule has 0 amide bonds. The van der Waals surface area contributed by atoms with E-state index in [1.165, 1.54) is 0 Å². The molecular weight excluding hydrogens is 156 g/mol. The number of nitrogens with zero attached hydrogens (tertiary/aromatic N) is 2. The smallest absolute Gasteiger partial charge is 0.292 e. The van der Waals surface area contributed by atoms with Crippen molar-refractivity contribution in [2.75, 3.05) is 7.11 Å². The van der Waals surface area contributed by atoms with E-state index in [9.17, 15) is 0 Å². The highest BCUT2D eigenvalue weighted by Crippen LogP contribution is 2.36. The van der Waals surface area contributed by atoms with Crippen molar-refractivity contribution in [2.45, 2.75) is 39.3 Å². The molecule has 0 bridgehead atoms. The van der Waals surface area contributed by atoms with Crippen LogP contribution in [0.2, 0.25) is 0 Å². The summed E-state index contributed by atoms with van der Waals surface area (Å²) in [7, 11) is 1.58. The lowest BCUT2D eigenvalue weighted by Gasteiger charge is -2.29. The van der Waals surface area contributed by atoms with Crippen molar-refractivity contribution in [3.63, 3.8) is 0 Å². The van der Waals surface area contributed by atoms with Crippen molar-refractivity contribution in [1.82, 2.24) is 0 Å². The van der Waals surface area contributed by atoms with Gasteiger partial charge >= 0.3 is 0 Å². The third kappa shape index (κ3) is 1.49. The molecular formula is C8H16N2O2. The molecule has 1 unspecified atom stereocenters. The number of azo groups is 1. The molecule has 1 aliphatic heterocycles. The van der Waals surface area contributed by atoms with E-state index in [1.807, 2.05) is 27.7 Å². The normalized spacial score (nSPS) is 33.2. The fourth-order valence-corrected chi connectivity index (χ4v) is 1.14. The van der Waals surface area contributed by atoms with Gasteiger partial charge in [0.1, 0.15) is 0 Å².